The molecule has 1 unspecified atom stereocenters. The van der Waals surface area contributed by atoms with Crippen molar-refractivity contribution < 1.29 is 14.3 Å². The Kier molecular flexibility index (Phi) is 3.52. The number of carbonyl (C=O) groups excluding carboxylic acids is 1. The van der Waals surface area contributed by atoms with Crippen LogP contribution in [0.4, 0.5) is 0 Å². The van der Waals surface area contributed by atoms with Gasteiger partial charge in [-0.3, -0.25) is 4.79 Å². The molecule has 0 aromatic carbocycles. The number of aliphatic hydroxyl groups is 1. The maximum absolute atomic E-state index is 11.6. The summed E-state index contributed by atoms with van der Waals surface area (Å²) in [6.07, 6.45) is 5.09. The molecule has 0 bridgehead atoms. The summed E-state index contributed by atoms with van der Waals surface area (Å²) < 4.78 is 5.18. The van der Waals surface area contributed by atoms with Crippen LogP contribution >= 0.6 is 0 Å². The highest BCUT2D eigenvalue weighted by atomic mass is 16.3. The second kappa shape index (κ2) is 4.92. The first-order valence-corrected chi connectivity index (χ1v) is 6.09. The van der Waals surface area contributed by atoms with Crippen molar-refractivity contribution >= 4 is 5.91 Å². The van der Waals surface area contributed by atoms with Crippen molar-refractivity contribution in [2.24, 2.45) is 5.92 Å². The molecule has 1 heterocycles. The van der Waals surface area contributed by atoms with Crippen LogP contribution in [0.25, 0.3) is 0 Å². The van der Waals surface area contributed by atoms with E-state index < -0.39 is 5.60 Å². The highest BCUT2D eigenvalue weighted by Crippen LogP contribution is 2.26. The number of furan rings is 1. The largest absolute Gasteiger partial charge is 0.469 e. The van der Waals surface area contributed by atoms with E-state index in [2.05, 4.69) is 5.32 Å². The maximum Gasteiger partial charge on any atom is 0.223 e. The van der Waals surface area contributed by atoms with Crippen molar-refractivity contribution in [3.8, 4) is 0 Å². The minimum atomic E-state index is -0.961. The summed E-state index contributed by atoms with van der Waals surface area (Å²) in [7, 11) is 0. The van der Waals surface area contributed by atoms with Gasteiger partial charge in [0.2, 0.25) is 5.91 Å². The Hall–Kier alpha value is -1.29. The molecule has 94 valence electrons. The van der Waals surface area contributed by atoms with E-state index in [9.17, 15) is 9.90 Å². The van der Waals surface area contributed by atoms with E-state index in [0.29, 0.717) is 6.42 Å². The van der Waals surface area contributed by atoms with Gasteiger partial charge < -0.3 is 14.8 Å². The number of hydrogen-bond acceptors (Lipinski definition) is 3. The van der Waals surface area contributed by atoms with Crippen molar-refractivity contribution in [2.45, 2.75) is 38.2 Å². The first-order valence-electron chi connectivity index (χ1n) is 6.09. The molecular formula is C13H19NO3. The predicted molar refractivity (Wildman–Crippen MR) is 63.4 cm³/mol. The lowest BCUT2D eigenvalue weighted by atomic mass is 9.84. The smallest absolute Gasteiger partial charge is 0.223 e. The first-order chi connectivity index (χ1) is 8.07. The van der Waals surface area contributed by atoms with Crippen LogP contribution in [-0.2, 0) is 11.2 Å². The van der Waals surface area contributed by atoms with E-state index in [0.717, 1.165) is 25.0 Å². The van der Waals surface area contributed by atoms with E-state index in [1.165, 1.54) is 0 Å². The molecule has 2 rings (SSSR count). The van der Waals surface area contributed by atoms with E-state index in [1.54, 1.807) is 19.3 Å². The van der Waals surface area contributed by atoms with E-state index in [4.69, 9.17) is 4.42 Å². The van der Waals surface area contributed by atoms with Crippen molar-refractivity contribution in [1.29, 1.82) is 0 Å². The van der Waals surface area contributed by atoms with Gasteiger partial charge in [0.05, 0.1) is 11.9 Å². The Bertz CT molecular complexity index is 366. The van der Waals surface area contributed by atoms with Crippen LogP contribution in [0.5, 0.6) is 0 Å². The highest BCUT2D eigenvalue weighted by molar-refractivity contribution is 5.79. The third-order valence-electron chi connectivity index (χ3n) is 3.25. The van der Waals surface area contributed by atoms with Crippen molar-refractivity contribution in [1.82, 2.24) is 5.32 Å². The first kappa shape index (κ1) is 12.2. The van der Waals surface area contributed by atoms with Crippen molar-refractivity contribution in [2.75, 3.05) is 6.54 Å². The molecule has 1 aromatic rings. The molecule has 0 spiro atoms. The van der Waals surface area contributed by atoms with Gasteiger partial charge in [0.15, 0.2) is 0 Å². The molecule has 4 nitrogen and oxygen atoms in total. The molecule has 1 amide bonds. The molecule has 0 radical (unpaired) electrons. The average molecular weight is 237 g/mol. The van der Waals surface area contributed by atoms with E-state index in [1.807, 2.05) is 6.07 Å². The summed E-state index contributed by atoms with van der Waals surface area (Å²) in [6.45, 7) is 1.97. The lowest BCUT2D eigenvalue weighted by molar-refractivity contribution is -0.128. The molecule has 1 fully saturated rings. The number of amides is 1. The standard InChI is InChI=1S/C13H19NO3/c1-13(16,8-11-6-3-7-17-11)9-14-12(15)10-4-2-5-10/h3,6-7,10,16H,2,4-5,8-9H2,1H3,(H,14,15). The zero-order valence-corrected chi connectivity index (χ0v) is 10.1. The fourth-order valence-corrected chi connectivity index (χ4v) is 1.94. The fourth-order valence-electron chi connectivity index (χ4n) is 1.94. The van der Waals surface area contributed by atoms with Gasteiger partial charge in [0.1, 0.15) is 5.76 Å². The minimum Gasteiger partial charge on any atom is -0.469 e. The van der Waals surface area contributed by atoms with Gasteiger partial charge in [-0.05, 0) is 31.9 Å². The fraction of sp³-hybridized carbons (Fsp3) is 0.615. The average Bonchev–Trinajstić information content (AvgIpc) is 2.64. The SMILES string of the molecule is CC(O)(CNC(=O)C1CCC1)Cc1ccco1. The molecule has 4 heteroatoms. The van der Waals surface area contributed by atoms with E-state index >= 15 is 0 Å². The van der Waals surface area contributed by atoms with Gasteiger partial charge >= 0.3 is 0 Å². The quantitative estimate of drug-likeness (QED) is 0.815. The Morgan fingerprint density at radius 3 is 2.94 bits per heavy atom. The van der Waals surface area contributed by atoms with Gasteiger partial charge in [-0.1, -0.05) is 6.42 Å². The van der Waals surface area contributed by atoms with Crippen LogP contribution in [0.1, 0.15) is 31.9 Å². The molecule has 17 heavy (non-hydrogen) atoms. The third kappa shape index (κ3) is 3.33. The zero-order chi connectivity index (χ0) is 12.3. The summed E-state index contributed by atoms with van der Waals surface area (Å²) >= 11 is 0. The van der Waals surface area contributed by atoms with Gasteiger partial charge in [0, 0.05) is 18.9 Å². The maximum atomic E-state index is 11.6. The number of nitrogens with one attached hydrogen (secondary N) is 1. The highest BCUT2D eigenvalue weighted by Gasteiger charge is 2.28. The summed E-state index contributed by atoms with van der Waals surface area (Å²) in [5.74, 6) is 0.957. The molecule has 1 aliphatic carbocycles. The third-order valence-corrected chi connectivity index (χ3v) is 3.25. The van der Waals surface area contributed by atoms with Crippen molar-refractivity contribution in [3.05, 3.63) is 24.2 Å². The van der Waals surface area contributed by atoms with Crippen LogP contribution < -0.4 is 5.32 Å². The second-order valence-corrected chi connectivity index (χ2v) is 5.10. The molecule has 1 aliphatic rings. The molecule has 1 aromatic heterocycles. The normalized spacial score (nSPS) is 19.4. The Morgan fingerprint density at radius 2 is 2.41 bits per heavy atom. The summed E-state index contributed by atoms with van der Waals surface area (Å²) in [5.41, 5.74) is -0.961. The Balaban J connectivity index is 1.78. The molecule has 0 aliphatic heterocycles. The summed E-state index contributed by atoms with van der Waals surface area (Å²) in [5, 5.41) is 12.9. The van der Waals surface area contributed by atoms with Crippen molar-refractivity contribution in [3.63, 3.8) is 0 Å². The van der Waals surface area contributed by atoms with Gasteiger partial charge in [-0.25, -0.2) is 0 Å². The van der Waals surface area contributed by atoms with Gasteiger partial charge in [0.25, 0.3) is 0 Å². The second-order valence-electron chi connectivity index (χ2n) is 5.10. The number of hydrogen-bond donors (Lipinski definition) is 2. The number of carbonyl (C=O) groups is 1. The number of rotatable bonds is 5. The zero-order valence-electron chi connectivity index (χ0n) is 10.1. The molecule has 1 atom stereocenters. The van der Waals surface area contributed by atoms with Crippen LogP contribution in [-0.4, -0.2) is 23.2 Å². The Labute approximate surface area is 101 Å². The van der Waals surface area contributed by atoms with Crippen LogP contribution in [0, 0.1) is 5.92 Å². The summed E-state index contributed by atoms with van der Waals surface area (Å²) in [6, 6.07) is 3.61. The van der Waals surface area contributed by atoms with Crippen LogP contribution in [0.2, 0.25) is 0 Å². The molecule has 2 N–H and O–H groups in total. The van der Waals surface area contributed by atoms with Crippen LogP contribution in [0.15, 0.2) is 22.8 Å². The minimum absolute atomic E-state index is 0.0657. The lowest BCUT2D eigenvalue weighted by Gasteiger charge is -2.27. The van der Waals surface area contributed by atoms with Gasteiger partial charge in [-0.2, -0.15) is 0 Å². The summed E-state index contributed by atoms with van der Waals surface area (Å²) in [4.78, 5) is 11.6. The monoisotopic (exact) mass is 237 g/mol. The molecule has 1 saturated carbocycles. The topological polar surface area (TPSA) is 62.5 Å². The molecular weight excluding hydrogens is 218 g/mol. The van der Waals surface area contributed by atoms with Gasteiger partial charge in [-0.15, -0.1) is 0 Å². The van der Waals surface area contributed by atoms with Crippen LogP contribution in [0.3, 0.4) is 0 Å². The molecule has 0 saturated heterocycles. The lowest BCUT2D eigenvalue weighted by Crippen LogP contribution is -2.45. The predicted octanol–water partition coefficient (Wildman–Crippen LogP) is 1.49. The van der Waals surface area contributed by atoms with E-state index in [-0.39, 0.29) is 18.4 Å². The Morgan fingerprint density at radius 1 is 1.65 bits per heavy atom.